The Labute approximate surface area is 80.8 Å². The molecule has 1 aromatic rings. The van der Waals surface area contributed by atoms with Gasteiger partial charge in [0.25, 0.3) is 0 Å². The molecular weight excluding hydrogens is 180 g/mol. The van der Waals surface area contributed by atoms with Crippen molar-refractivity contribution < 1.29 is 9.90 Å². The van der Waals surface area contributed by atoms with Gasteiger partial charge in [0.15, 0.2) is 0 Å². The second-order valence-corrected chi connectivity index (χ2v) is 2.36. The second kappa shape index (κ2) is 4.64. The van der Waals surface area contributed by atoms with Crippen LogP contribution in [0.25, 0.3) is 0 Å². The van der Waals surface area contributed by atoms with Crippen LogP contribution in [0.4, 0.5) is 0 Å². The van der Waals surface area contributed by atoms with Crippen LogP contribution < -0.4 is 0 Å². The predicted molar refractivity (Wildman–Crippen MR) is 48.3 cm³/mol. The number of nitrogens with zero attached hydrogens (tertiary/aromatic N) is 2. The lowest BCUT2D eigenvalue weighted by Gasteiger charge is -1.95. The fourth-order valence-electron chi connectivity index (χ4n) is 0.860. The molecule has 0 aliphatic rings. The van der Waals surface area contributed by atoms with Gasteiger partial charge in [0.1, 0.15) is 0 Å². The molecule has 0 aliphatic carbocycles. The van der Waals surface area contributed by atoms with Gasteiger partial charge in [0.05, 0.1) is 23.6 Å². The first kappa shape index (κ1) is 9.76. The summed E-state index contributed by atoms with van der Waals surface area (Å²) < 4.78 is 0. The zero-order valence-corrected chi connectivity index (χ0v) is 7.19. The van der Waals surface area contributed by atoms with E-state index in [-0.39, 0.29) is 12.0 Å². The van der Waals surface area contributed by atoms with Gasteiger partial charge in [-0.15, -0.1) is 0 Å². The van der Waals surface area contributed by atoms with E-state index in [1.807, 2.05) is 6.07 Å². The van der Waals surface area contributed by atoms with Gasteiger partial charge in [-0.05, 0) is 6.07 Å². The van der Waals surface area contributed by atoms with Crippen LogP contribution in [-0.2, 0) is 0 Å². The fourth-order valence-corrected chi connectivity index (χ4v) is 0.860. The van der Waals surface area contributed by atoms with Crippen LogP contribution in [-0.4, -0.2) is 16.1 Å². The highest BCUT2D eigenvalue weighted by molar-refractivity contribution is 5.90. The van der Waals surface area contributed by atoms with Crippen molar-refractivity contribution in [1.82, 2.24) is 4.98 Å². The Morgan fingerprint density at radius 1 is 1.64 bits per heavy atom. The minimum Gasteiger partial charge on any atom is -0.478 e. The fraction of sp³-hybridized carbons (Fsp3) is 0.100. The molecule has 0 unspecified atom stereocenters. The summed E-state index contributed by atoms with van der Waals surface area (Å²) in [5.74, 6) is 4.06. The quantitative estimate of drug-likeness (QED) is 0.665. The summed E-state index contributed by atoms with van der Waals surface area (Å²) in [6, 6.07) is 3.22. The third-order valence-corrected chi connectivity index (χ3v) is 1.44. The highest BCUT2D eigenvalue weighted by atomic mass is 16.4. The van der Waals surface area contributed by atoms with E-state index in [4.69, 9.17) is 10.4 Å². The minimum absolute atomic E-state index is 0.0773. The van der Waals surface area contributed by atoms with E-state index in [1.54, 1.807) is 0 Å². The molecule has 0 saturated carbocycles. The maximum Gasteiger partial charge on any atom is 0.337 e. The maximum atomic E-state index is 10.7. The van der Waals surface area contributed by atoms with Crippen LogP contribution in [0.1, 0.15) is 22.3 Å². The van der Waals surface area contributed by atoms with Crippen molar-refractivity contribution in [3.63, 3.8) is 0 Å². The van der Waals surface area contributed by atoms with Crippen molar-refractivity contribution in [2.75, 3.05) is 0 Å². The van der Waals surface area contributed by atoms with Gasteiger partial charge in [-0.1, -0.05) is 11.8 Å². The topological polar surface area (TPSA) is 74.0 Å². The Bertz CT molecular complexity index is 449. The number of nitriles is 1. The lowest BCUT2D eigenvalue weighted by atomic mass is 10.1. The van der Waals surface area contributed by atoms with Crippen LogP contribution in [0, 0.1) is 23.2 Å². The highest BCUT2D eigenvalue weighted by Gasteiger charge is 2.06. The molecule has 0 amide bonds. The van der Waals surface area contributed by atoms with E-state index in [2.05, 4.69) is 16.8 Å². The van der Waals surface area contributed by atoms with Crippen LogP contribution in [0.15, 0.2) is 18.5 Å². The summed E-state index contributed by atoms with van der Waals surface area (Å²) in [4.78, 5) is 14.5. The van der Waals surface area contributed by atoms with Crippen LogP contribution in [0.5, 0.6) is 0 Å². The normalized spacial score (nSPS) is 8.21. The molecule has 0 saturated heterocycles. The molecule has 1 aromatic heterocycles. The maximum absolute atomic E-state index is 10.7. The summed E-state index contributed by atoms with van der Waals surface area (Å²) in [5.41, 5.74) is 0.431. The second-order valence-electron chi connectivity index (χ2n) is 2.36. The monoisotopic (exact) mass is 186 g/mol. The lowest BCUT2D eigenvalue weighted by Crippen LogP contribution is -2.00. The molecule has 68 valence electrons. The van der Waals surface area contributed by atoms with E-state index in [1.165, 1.54) is 18.5 Å². The average molecular weight is 186 g/mol. The van der Waals surface area contributed by atoms with E-state index in [9.17, 15) is 4.79 Å². The minimum atomic E-state index is -1.05. The Morgan fingerprint density at radius 3 is 3.07 bits per heavy atom. The molecule has 14 heavy (non-hydrogen) atoms. The molecule has 1 heterocycles. The summed E-state index contributed by atoms with van der Waals surface area (Å²) in [6.07, 6.45) is 2.83. The highest BCUT2D eigenvalue weighted by Crippen LogP contribution is 2.04. The first-order valence-electron chi connectivity index (χ1n) is 3.79. The molecular formula is C10H6N2O2. The molecule has 0 radical (unpaired) electrons. The van der Waals surface area contributed by atoms with Gasteiger partial charge < -0.3 is 5.11 Å². The smallest absolute Gasteiger partial charge is 0.337 e. The van der Waals surface area contributed by atoms with Gasteiger partial charge in [0.2, 0.25) is 0 Å². The van der Waals surface area contributed by atoms with Gasteiger partial charge in [-0.2, -0.15) is 5.26 Å². The van der Waals surface area contributed by atoms with E-state index in [0.29, 0.717) is 5.56 Å². The third kappa shape index (κ3) is 2.33. The molecule has 0 aromatic carbocycles. The Morgan fingerprint density at radius 2 is 2.43 bits per heavy atom. The Kier molecular flexibility index (Phi) is 3.23. The summed E-state index contributed by atoms with van der Waals surface area (Å²) >= 11 is 0. The third-order valence-electron chi connectivity index (χ3n) is 1.44. The molecule has 4 nitrogen and oxygen atoms in total. The van der Waals surface area contributed by atoms with Crippen molar-refractivity contribution in [2.24, 2.45) is 0 Å². The largest absolute Gasteiger partial charge is 0.478 e. The number of aromatic carboxylic acids is 1. The van der Waals surface area contributed by atoms with E-state index >= 15 is 0 Å². The summed E-state index contributed by atoms with van der Waals surface area (Å²) in [5, 5.41) is 17.0. The molecule has 0 bridgehead atoms. The zero-order valence-electron chi connectivity index (χ0n) is 7.19. The van der Waals surface area contributed by atoms with E-state index < -0.39 is 5.97 Å². The number of carboxylic acids is 1. The molecule has 1 N–H and O–H groups in total. The van der Waals surface area contributed by atoms with Crippen molar-refractivity contribution in [1.29, 1.82) is 5.26 Å². The SMILES string of the molecule is N#CCC#Cc1cnccc1C(=O)O. The zero-order chi connectivity index (χ0) is 10.4. The van der Waals surface area contributed by atoms with Gasteiger partial charge in [0, 0.05) is 12.4 Å². The molecule has 4 heteroatoms. The standard InChI is InChI=1S/C10H6N2O2/c11-5-2-1-3-8-7-12-6-4-9(8)10(13)14/h4,6-7H,2H2,(H,13,14). The molecule has 0 fully saturated rings. The van der Waals surface area contributed by atoms with Gasteiger partial charge in [-0.3, -0.25) is 4.98 Å². The first-order valence-corrected chi connectivity index (χ1v) is 3.79. The summed E-state index contributed by atoms with van der Waals surface area (Å²) in [7, 11) is 0. The number of hydrogen-bond acceptors (Lipinski definition) is 3. The number of rotatable bonds is 1. The number of hydrogen-bond donors (Lipinski definition) is 1. The van der Waals surface area contributed by atoms with Gasteiger partial charge in [-0.25, -0.2) is 4.79 Å². The van der Waals surface area contributed by atoms with Gasteiger partial charge >= 0.3 is 5.97 Å². The number of carbonyl (C=O) groups is 1. The van der Waals surface area contributed by atoms with Crippen molar-refractivity contribution in [3.8, 4) is 17.9 Å². The molecule has 0 spiro atoms. The van der Waals surface area contributed by atoms with Crippen molar-refractivity contribution in [3.05, 3.63) is 29.6 Å². The van der Waals surface area contributed by atoms with Crippen LogP contribution in [0.3, 0.4) is 0 Å². The van der Waals surface area contributed by atoms with Crippen molar-refractivity contribution in [2.45, 2.75) is 6.42 Å². The van der Waals surface area contributed by atoms with Crippen molar-refractivity contribution >= 4 is 5.97 Å². The van der Waals surface area contributed by atoms with Crippen LogP contribution in [0.2, 0.25) is 0 Å². The number of pyridine rings is 1. The van der Waals surface area contributed by atoms with Crippen LogP contribution >= 0.6 is 0 Å². The average Bonchev–Trinajstić information content (AvgIpc) is 2.19. The lowest BCUT2D eigenvalue weighted by molar-refractivity contribution is 0.0696. The first-order chi connectivity index (χ1) is 6.75. The number of carboxylic acid groups (broad SMARTS) is 1. The van der Waals surface area contributed by atoms with E-state index in [0.717, 1.165) is 0 Å². The predicted octanol–water partition coefficient (Wildman–Crippen LogP) is 1.04. The Hall–Kier alpha value is -2.33. The molecule has 0 atom stereocenters. The Balaban J connectivity index is 3.05. The molecule has 0 aliphatic heterocycles. The molecule has 1 rings (SSSR count). The number of aromatic nitrogens is 1. The summed E-state index contributed by atoms with van der Waals surface area (Å²) in [6.45, 7) is 0.